The first-order valence-electron chi connectivity index (χ1n) is 17.5. The van der Waals surface area contributed by atoms with Crippen molar-refractivity contribution in [3.8, 4) is 0 Å². The summed E-state index contributed by atoms with van der Waals surface area (Å²) in [4.78, 5) is 35.2. The molecular weight excluding hydrogens is 634 g/mol. The number of Topliss-reactive ketones (excluding diaryl/α,β-unsaturated/α-hetero) is 1. The van der Waals surface area contributed by atoms with Gasteiger partial charge in [0.15, 0.2) is 12.1 Å². The Kier molecular flexibility index (Phi) is 12.8. The maximum atomic E-state index is 14.5. The summed E-state index contributed by atoms with van der Waals surface area (Å²) < 4.78 is 25.6. The van der Waals surface area contributed by atoms with E-state index in [1.54, 1.807) is 27.9 Å². The number of rotatable bonds is 6. The van der Waals surface area contributed by atoms with Gasteiger partial charge in [-0.3, -0.25) is 14.5 Å². The summed E-state index contributed by atoms with van der Waals surface area (Å²) in [6, 6.07) is 7.72. The van der Waals surface area contributed by atoms with Crippen molar-refractivity contribution in [1.29, 1.82) is 0 Å². The number of hydrogen-bond donors (Lipinski definition) is 1. The monoisotopic (exact) mass is 693 g/mol. The number of hydrogen-bond acceptors (Lipinski definition) is 10. The number of esters is 1. The molecule has 4 rings (SSSR count). The molecule has 8 atom stereocenters. The second kappa shape index (κ2) is 15.7. The highest BCUT2D eigenvalue weighted by molar-refractivity contribution is 6.30. The number of benzene rings is 1. The molecule has 0 radical (unpaired) electrons. The van der Waals surface area contributed by atoms with Crippen LogP contribution in [0.1, 0.15) is 72.8 Å². The van der Waals surface area contributed by atoms with Gasteiger partial charge in [0.1, 0.15) is 17.1 Å². The molecule has 10 nitrogen and oxygen atoms in total. The van der Waals surface area contributed by atoms with Crippen molar-refractivity contribution in [3.05, 3.63) is 34.9 Å². The predicted octanol–water partition coefficient (Wildman–Crippen LogP) is 4.64. The van der Waals surface area contributed by atoms with Crippen LogP contribution < -0.4 is 0 Å². The van der Waals surface area contributed by atoms with Crippen LogP contribution in [0.15, 0.2) is 24.3 Å². The van der Waals surface area contributed by atoms with E-state index in [2.05, 4.69) is 29.8 Å². The average molecular weight is 694 g/mol. The van der Waals surface area contributed by atoms with Gasteiger partial charge < -0.3 is 33.9 Å². The summed E-state index contributed by atoms with van der Waals surface area (Å²) in [5, 5.41) is 12.1. The second-order valence-electron chi connectivity index (χ2n) is 15.9. The number of carbonyl (C=O) groups excluding carboxylic acids is 2. The number of aliphatic hydroxyl groups is 1. The third kappa shape index (κ3) is 8.99. The van der Waals surface area contributed by atoms with E-state index < -0.39 is 47.0 Å². The number of aliphatic hydroxyl groups excluding tert-OH is 1. The highest BCUT2D eigenvalue weighted by Gasteiger charge is 2.53. The summed E-state index contributed by atoms with van der Waals surface area (Å²) in [5.41, 5.74) is -1.97. The number of carbonyl (C=O) groups is 2. The van der Waals surface area contributed by atoms with E-state index in [-0.39, 0.29) is 23.8 Å². The Morgan fingerprint density at radius 3 is 2.38 bits per heavy atom. The molecule has 3 aliphatic rings. The Bertz CT molecular complexity index is 1260. The zero-order chi connectivity index (χ0) is 35.6. The normalized spacial score (nSPS) is 35.9. The third-order valence-corrected chi connectivity index (χ3v) is 11.2. The maximum Gasteiger partial charge on any atom is 0.319 e. The van der Waals surface area contributed by atoms with Crippen LogP contribution in [0, 0.1) is 17.3 Å². The number of methoxy groups -OCH3 is 1. The van der Waals surface area contributed by atoms with Crippen molar-refractivity contribution in [1.82, 2.24) is 14.7 Å². The van der Waals surface area contributed by atoms with E-state index in [9.17, 15) is 14.7 Å². The van der Waals surface area contributed by atoms with Crippen molar-refractivity contribution >= 4 is 23.4 Å². The minimum absolute atomic E-state index is 0.142. The van der Waals surface area contributed by atoms with E-state index in [1.165, 1.54) is 0 Å². The van der Waals surface area contributed by atoms with Crippen LogP contribution in [-0.4, -0.2) is 128 Å². The zero-order valence-electron chi connectivity index (χ0n) is 30.8. The number of ether oxygens (including phenoxy) is 4. The van der Waals surface area contributed by atoms with Crippen LogP contribution in [0.5, 0.6) is 0 Å². The number of nitrogens with zero attached hydrogens (tertiary/aromatic N) is 3. The van der Waals surface area contributed by atoms with Gasteiger partial charge in [0.05, 0.1) is 17.8 Å². The van der Waals surface area contributed by atoms with Gasteiger partial charge in [-0.1, -0.05) is 37.6 Å². The Labute approximate surface area is 293 Å². The van der Waals surface area contributed by atoms with Crippen LogP contribution in [0.25, 0.3) is 0 Å². The Hall–Kier alpha value is -1.63. The maximum absolute atomic E-state index is 14.5. The van der Waals surface area contributed by atoms with E-state index >= 15 is 0 Å². The number of likely N-dealkylation sites (N-methyl/N-ethyl adjacent to an activating group) is 2. The molecule has 1 spiro atoms. The second-order valence-corrected chi connectivity index (χ2v) is 16.3. The lowest BCUT2D eigenvalue weighted by atomic mass is 9.74. The first kappa shape index (κ1) is 39.2. The van der Waals surface area contributed by atoms with Gasteiger partial charge in [0.25, 0.3) is 0 Å². The SMILES string of the molecule is CO[C@]1(C)C[C@@H](C)CN(C)CC2(CCN(Cc3cccc(Cl)c3)CC2)OC(=O)C(C)(C)C(=O)[C@H](C)[C@H]1O[C@@H]1O[C@H](C)C[C@H](N(C)C)[C@H]1O. The van der Waals surface area contributed by atoms with E-state index in [4.69, 9.17) is 30.5 Å². The zero-order valence-corrected chi connectivity index (χ0v) is 31.6. The summed E-state index contributed by atoms with van der Waals surface area (Å²) in [6.07, 6.45) is -0.337. The third-order valence-electron chi connectivity index (χ3n) is 10.9. The van der Waals surface area contributed by atoms with Crippen molar-refractivity contribution < 1.29 is 33.6 Å². The quantitative estimate of drug-likeness (QED) is 0.335. The molecule has 0 saturated carbocycles. The van der Waals surface area contributed by atoms with Gasteiger partial charge in [-0.15, -0.1) is 0 Å². The number of halogens is 1. The van der Waals surface area contributed by atoms with Crippen molar-refractivity contribution in [2.24, 2.45) is 17.3 Å². The summed E-state index contributed by atoms with van der Waals surface area (Å²) in [6.45, 7) is 14.7. The van der Waals surface area contributed by atoms with Crippen LogP contribution in [-0.2, 0) is 35.1 Å². The van der Waals surface area contributed by atoms with Gasteiger partial charge in [0.2, 0.25) is 0 Å². The van der Waals surface area contributed by atoms with Crippen LogP contribution in [0.4, 0.5) is 0 Å². The molecule has 3 aliphatic heterocycles. The molecule has 1 aromatic carbocycles. The van der Waals surface area contributed by atoms with Gasteiger partial charge in [-0.25, -0.2) is 0 Å². The molecule has 1 aromatic rings. The molecule has 0 amide bonds. The topological polar surface area (TPSA) is 101 Å². The lowest BCUT2D eigenvalue weighted by Gasteiger charge is -2.47. The molecule has 11 heteroatoms. The fourth-order valence-corrected chi connectivity index (χ4v) is 8.40. The number of ketones is 1. The van der Waals surface area contributed by atoms with Gasteiger partial charge >= 0.3 is 5.97 Å². The minimum atomic E-state index is -1.45. The highest BCUT2D eigenvalue weighted by atomic mass is 35.5. The van der Waals surface area contributed by atoms with E-state index in [1.807, 2.05) is 51.0 Å². The molecule has 0 aromatic heterocycles. The van der Waals surface area contributed by atoms with Crippen LogP contribution in [0.3, 0.4) is 0 Å². The predicted molar refractivity (Wildman–Crippen MR) is 187 cm³/mol. The summed E-state index contributed by atoms with van der Waals surface area (Å²) >= 11 is 6.24. The molecule has 0 unspecified atom stereocenters. The van der Waals surface area contributed by atoms with Gasteiger partial charge in [0, 0.05) is 69.7 Å². The Morgan fingerprint density at radius 1 is 1.10 bits per heavy atom. The first-order valence-corrected chi connectivity index (χ1v) is 17.9. The minimum Gasteiger partial charge on any atom is -0.457 e. The number of piperidine rings is 1. The average Bonchev–Trinajstić information content (AvgIpc) is 3.00. The number of likely N-dealkylation sites (tertiary alicyclic amines) is 1. The molecule has 0 bridgehead atoms. The Morgan fingerprint density at radius 2 is 1.77 bits per heavy atom. The smallest absolute Gasteiger partial charge is 0.319 e. The van der Waals surface area contributed by atoms with E-state index in [0.29, 0.717) is 37.3 Å². The van der Waals surface area contributed by atoms with E-state index in [0.717, 1.165) is 31.7 Å². The fraction of sp³-hybridized carbons (Fsp3) is 0.784. The molecule has 3 fully saturated rings. The highest BCUT2D eigenvalue weighted by Crippen LogP contribution is 2.40. The van der Waals surface area contributed by atoms with Gasteiger partial charge in [-0.2, -0.15) is 0 Å². The molecule has 1 N–H and O–H groups in total. The fourth-order valence-electron chi connectivity index (χ4n) is 8.19. The lowest BCUT2D eigenvalue weighted by molar-refractivity contribution is -0.295. The van der Waals surface area contributed by atoms with Crippen LogP contribution in [0.2, 0.25) is 5.02 Å². The molecule has 3 saturated heterocycles. The molecule has 272 valence electrons. The molecule has 3 heterocycles. The standard InChI is InChI=1S/C37H60ClN3O7/c1-24-20-36(6,45-10)32(47-33-30(42)29(39(7)8)18-25(2)46-33)26(3)31(43)35(4,5)34(44)48-37(23-40(9)21-24)14-16-41(17-15-37)22-27-12-11-13-28(38)19-27/h11-13,19,24-26,29-30,32-33,42H,14-18,20-23H2,1-10H3/t24-,25-,26+,29+,30-,32-,33+,36-/m1/s1. The lowest BCUT2D eigenvalue weighted by Crippen LogP contribution is -2.59. The van der Waals surface area contributed by atoms with Crippen molar-refractivity contribution in [2.75, 3.05) is 54.4 Å². The van der Waals surface area contributed by atoms with Crippen molar-refractivity contribution in [2.45, 2.75) is 116 Å². The van der Waals surface area contributed by atoms with Crippen molar-refractivity contribution in [3.63, 3.8) is 0 Å². The van der Waals surface area contributed by atoms with Gasteiger partial charge in [-0.05, 0) is 85.3 Å². The summed E-state index contributed by atoms with van der Waals surface area (Å²) in [7, 11) is 7.55. The molecule has 48 heavy (non-hydrogen) atoms. The first-order chi connectivity index (χ1) is 22.4. The molecular formula is C37H60ClN3O7. The summed E-state index contributed by atoms with van der Waals surface area (Å²) in [5.74, 6) is -1.46. The largest absolute Gasteiger partial charge is 0.457 e. The molecule has 0 aliphatic carbocycles. The Balaban J connectivity index is 1.62. The van der Waals surface area contributed by atoms with Crippen LogP contribution >= 0.6 is 11.6 Å².